The van der Waals surface area contributed by atoms with E-state index in [0.717, 1.165) is 5.56 Å². The summed E-state index contributed by atoms with van der Waals surface area (Å²) < 4.78 is 0. The molecule has 0 aliphatic heterocycles. The average molecular weight is 299 g/mol. The lowest BCUT2D eigenvalue weighted by Gasteiger charge is -2.17. The van der Waals surface area contributed by atoms with E-state index in [2.05, 4.69) is 10.6 Å². The van der Waals surface area contributed by atoms with Crippen LogP contribution >= 0.6 is 11.6 Å². The summed E-state index contributed by atoms with van der Waals surface area (Å²) in [6.07, 6.45) is 0.384. The summed E-state index contributed by atoms with van der Waals surface area (Å²) in [6, 6.07) is 5.74. The first kappa shape index (κ1) is 16.3. The molecule has 0 unspecified atom stereocenters. The van der Waals surface area contributed by atoms with Gasteiger partial charge in [-0.1, -0.05) is 43.6 Å². The lowest BCUT2D eigenvalue weighted by Crippen LogP contribution is -2.46. The van der Waals surface area contributed by atoms with Gasteiger partial charge in [0.15, 0.2) is 0 Å². The lowest BCUT2D eigenvalue weighted by atomic mass is 10.0. The largest absolute Gasteiger partial charge is 0.480 e. The van der Waals surface area contributed by atoms with Crippen LogP contribution in [0.15, 0.2) is 24.3 Å². The van der Waals surface area contributed by atoms with E-state index in [1.54, 1.807) is 18.2 Å². The van der Waals surface area contributed by atoms with Crippen molar-refractivity contribution in [3.63, 3.8) is 0 Å². The first-order chi connectivity index (χ1) is 9.40. The number of carbonyl (C=O) groups excluding carboxylic acids is 1. The van der Waals surface area contributed by atoms with Crippen molar-refractivity contribution >= 4 is 23.6 Å². The molecule has 1 rings (SSSR count). The summed E-state index contributed by atoms with van der Waals surface area (Å²) in [7, 11) is 0. The van der Waals surface area contributed by atoms with Gasteiger partial charge in [-0.15, -0.1) is 0 Å². The number of hydrogen-bond donors (Lipinski definition) is 3. The molecule has 6 heteroatoms. The van der Waals surface area contributed by atoms with Crippen molar-refractivity contribution in [2.45, 2.75) is 32.9 Å². The van der Waals surface area contributed by atoms with Crippen molar-refractivity contribution in [3.05, 3.63) is 34.9 Å². The lowest BCUT2D eigenvalue weighted by molar-refractivity contribution is -0.139. The molecule has 1 aromatic rings. The highest BCUT2D eigenvalue weighted by atomic mass is 35.5. The molecular weight excluding hydrogens is 280 g/mol. The Labute approximate surface area is 123 Å². The summed E-state index contributed by atoms with van der Waals surface area (Å²) >= 11 is 5.97. The Hall–Kier alpha value is -1.75. The van der Waals surface area contributed by atoms with Gasteiger partial charge in [0.25, 0.3) is 0 Å². The van der Waals surface area contributed by atoms with Crippen LogP contribution in [0, 0.1) is 5.92 Å². The van der Waals surface area contributed by atoms with Gasteiger partial charge < -0.3 is 15.7 Å². The Morgan fingerprint density at radius 1 is 1.30 bits per heavy atom. The Bertz CT molecular complexity index is 477. The number of urea groups is 1. The van der Waals surface area contributed by atoms with E-state index in [0.29, 0.717) is 11.4 Å². The zero-order chi connectivity index (χ0) is 15.1. The fraction of sp³-hybridized carbons (Fsp3) is 0.429. The van der Waals surface area contributed by atoms with Gasteiger partial charge in [0.1, 0.15) is 6.04 Å². The fourth-order valence-electron chi connectivity index (χ4n) is 1.72. The Balaban J connectivity index is 2.50. The molecule has 110 valence electrons. The van der Waals surface area contributed by atoms with Gasteiger partial charge in [0.2, 0.25) is 0 Å². The van der Waals surface area contributed by atoms with E-state index in [-0.39, 0.29) is 12.5 Å². The second-order valence-corrected chi connectivity index (χ2v) is 5.35. The highest BCUT2D eigenvalue weighted by Crippen LogP contribution is 2.14. The summed E-state index contributed by atoms with van der Waals surface area (Å²) in [5.74, 6) is -0.855. The third-order valence-electron chi connectivity index (χ3n) is 2.71. The number of carboxylic acids is 1. The van der Waals surface area contributed by atoms with Crippen molar-refractivity contribution in [1.29, 1.82) is 0 Å². The Kier molecular flexibility index (Phi) is 6.31. The number of hydrogen-bond acceptors (Lipinski definition) is 2. The molecule has 0 bridgehead atoms. The maximum Gasteiger partial charge on any atom is 0.326 e. The zero-order valence-electron chi connectivity index (χ0n) is 11.5. The summed E-state index contributed by atoms with van der Waals surface area (Å²) in [5, 5.41) is 14.6. The van der Waals surface area contributed by atoms with Crippen LogP contribution in [-0.2, 0) is 11.3 Å². The highest BCUT2D eigenvalue weighted by Gasteiger charge is 2.20. The summed E-state index contributed by atoms with van der Waals surface area (Å²) in [4.78, 5) is 22.7. The molecule has 1 aromatic carbocycles. The van der Waals surface area contributed by atoms with Crippen LogP contribution in [-0.4, -0.2) is 23.1 Å². The quantitative estimate of drug-likeness (QED) is 0.755. The smallest absolute Gasteiger partial charge is 0.326 e. The number of amides is 2. The van der Waals surface area contributed by atoms with E-state index in [1.807, 2.05) is 19.9 Å². The van der Waals surface area contributed by atoms with Crippen LogP contribution in [0.1, 0.15) is 25.8 Å². The molecule has 0 saturated carbocycles. The Morgan fingerprint density at radius 2 is 1.95 bits per heavy atom. The van der Waals surface area contributed by atoms with Crippen LogP contribution in [0.2, 0.25) is 5.02 Å². The predicted molar refractivity (Wildman–Crippen MR) is 77.7 cm³/mol. The number of carboxylic acid groups (broad SMARTS) is 1. The minimum Gasteiger partial charge on any atom is -0.480 e. The molecule has 0 radical (unpaired) electrons. The van der Waals surface area contributed by atoms with Gasteiger partial charge >= 0.3 is 12.0 Å². The second-order valence-electron chi connectivity index (χ2n) is 4.94. The molecule has 1 atom stereocenters. The third kappa shape index (κ3) is 5.48. The van der Waals surface area contributed by atoms with Crippen molar-refractivity contribution in [3.8, 4) is 0 Å². The average Bonchev–Trinajstić information content (AvgIpc) is 2.36. The van der Waals surface area contributed by atoms with Crippen molar-refractivity contribution < 1.29 is 14.7 Å². The van der Waals surface area contributed by atoms with Crippen LogP contribution in [0.3, 0.4) is 0 Å². The first-order valence-corrected chi connectivity index (χ1v) is 6.78. The van der Waals surface area contributed by atoms with E-state index < -0.39 is 18.0 Å². The van der Waals surface area contributed by atoms with E-state index in [1.165, 1.54) is 0 Å². The van der Waals surface area contributed by atoms with Gasteiger partial charge in [0, 0.05) is 11.6 Å². The number of benzene rings is 1. The molecule has 3 N–H and O–H groups in total. The van der Waals surface area contributed by atoms with Crippen molar-refractivity contribution in [2.75, 3.05) is 0 Å². The van der Waals surface area contributed by atoms with Gasteiger partial charge in [-0.3, -0.25) is 0 Å². The fourth-order valence-corrected chi connectivity index (χ4v) is 1.92. The molecule has 0 aliphatic carbocycles. The van der Waals surface area contributed by atoms with Crippen LogP contribution in [0.4, 0.5) is 4.79 Å². The second kappa shape index (κ2) is 7.75. The molecule has 0 spiro atoms. The molecule has 0 fully saturated rings. The van der Waals surface area contributed by atoms with E-state index in [4.69, 9.17) is 16.7 Å². The molecule has 5 nitrogen and oxygen atoms in total. The normalized spacial score (nSPS) is 12.0. The molecule has 0 aromatic heterocycles. The van der Waals surface area contributed by atoms with Gasteiger partial charge in [-0.05, 0) is 24.0 Å². The third-order valence-corrected chi connectivity index (χ3v) is 3.08. The molecular formula is C14H19ClN2O3. The molecule has 0 heterocycles. The number of nitrogens with one attached hydrogen (secondary N) is 2. The van der Waals surface area contributed by atoms with Crippen molar-refractivity contribution in [1.82, 2.24) is 10.6 Å². The topological polar surface area (TPSA) is 78.4 Å². The number of halogens is 1. The van der Waals surface area contributed by atoms with E-state index >= 15 is 0 Å². The SMILES string of the molecule is CC(C)C[C@@H](NC(=O)NCc1ccccc1Cl)C(=O)O. The van der Waals surface area contributed by atoms with Crippen LogP contribution < -0.4 is 10.6 Å². The Morgan fingerprint density at radius 3 is 2.50 bits per heavy atom. The predicted octanol–water partition coefficient (Wildman–Crippen LogP) is 2.64. The monoisotopic (exact) mass is 298 g/mol. The minimum absolute atomic E-state index is 0.181. The maximum atomic E-state index is 11.7. The zero-order valence-corrected chi connectivity index (χ0v) is 12.3. The van der Waals surface area contributed by atoms with Crippen LogP contribution in [0.25, 0.3) is 0 Å². The first-order valence-electron chi connectivity index (χ1n) is 6.40. The van der Waals surface area contributed by atoms with Crippen LogP contribution in [0.5, 0.6) is 0 Å². The van der Waals surface area contributed by atoms with Gasteiger partial charge in [0.05, 0.1) is 0 Å². The number of rotatable bonds is 6. The van der Waals surface area contributed by atoms with Crippen molar-refractivity contribution in [2.24, 2.45) is 5.92 Å². The van der Waals surface area contributed by atoms with E-state index in [9.17, 15) is 9.59 Å². The summed E-state index contributed by atoms with van der Waals surface area (Å²) in [6.45, 7) is 4.05. The molecule has 0 aliphatic rings. The number of carbonyl (C=O) groups is 2. The molecule has 0 saturated heterocycles. The summed E-state index contributed by atoms with van der Waals surface area (Å²) in [5.41, 5.74) is 0.778. The van der Waals surface area contributed by atoms with Gasteiger partial charge in [-0.25, -0.2) is 9.59 Å². The molecule has 20 heavy (non-hydrogen) atoms. The minimum atomic E-state index is -1.04. The van der Waals surface area contributed by atoms with Gasteiger partial charge in [-0.2, -0.15) is 0 Å². The maximum absolute atomic E-state index is 11.7. The standard InChI is InChI=1S/C14H19ClN2O3/c1-9(2)7-12(13(18)19)17-14(20)16-8-10-5-3-4-6-11(10)15/h3-6,9,12H,7-8H2,1-2H3,(H,18,19)(H2,16,17,20)/t12-/m1/s1. The number of aliphatic carboxylic acids is 1. The molecule has 2 amide bonds. The highest BCUT2D eigenvalue weighted by molar-refractivity contribution is 6.31.